The summed E-state index contributed by atoms with van der Waals surface area (Å²) in [6, 6.07) is 26.0. The number of hydrogen-bond donors (Lipinski definition) is 0. The molecule has 0 unspecified atom stereocenters. The second-order valence-corrected chi connectivity index (χ2v) is 11.2. The number of amides is 1. The minimum absolute atomic E-state index is 0. The summed E-state index contributed by atoms with van der Waals surface area (Å²) in [5.74, 6) is -0.0244. The number of anilines is 4. The van der Waals surface area contributed by atoms with Crippen LogP contribution in [-0.2, 0) is 0 Å². The number of rotatable bonds is 9. The minimum Gasteiger partial charge on any atom is -1.00 e. The Labute approximate surface area is 247 Å². The van der Waals surface area contributed by atoms with Crippen LogP contribution >= 0.6 is 0 Å². The number of hydrogen-bond acceptors (Lipinski definition) is 5. The molecule has 1 aliphatic heterocycles. The van der Waals surface area contributed by atoms with Crippen LogP contribution in [-0.4, -0.2) is 65.3 Å². The molecule has 7 nitrogen and oxygen atoms in total. The maximum Gasteiger partial charge on any atom is 0.263 e. The lowest BCUT2D eigenvalue weighted by atomic mass is 10.0. The predicted octanol–water partition coefficient (Wildman–Crippen LogP) is 4.15. The van der Waals surface area contributed by atoms with Gasteiger partial charge in [0, 0.05) is 48.5 Å². The summed E-state index contributed by atoms with van der Waals surface area (Å²) in [6.07, 6.45) is 0. The van der Waals surface area contributed by atoms with Gasteiger partial charge in [-0.2, -0.15) is 5.11 Å². The van der Waals surface area contributed by atoms with Gasteiger partial charge < -0.3 is 31.3 Å². The average molecular weight is 602 g/mol. The molecule has 4 aromatic rings. The highest BCUT2D eigenvalue weighted by atomic mass is 79.9. The predicted molar refractivity (Wildman–Crippen MR) is 163 cm³/mol. The smallest absolute Gasteiger partial charge is 0.263 e. The van der Waals surface area contributed by atoms with Gasteiger partial charge in [0.15, 0.2) is 0 Å². The van der Waals surface area contributed by atoms with Crippen LogP contribution < -0.4 is 31.7 Å². The molecule has 0 radical (unpaired) electrons. The number of quaternary nitrogens is 1. The molecule has 0 aliphatic carbocycles. The van der Waals surface area contributed by atoms with Gasteiger partial charge in [-0.3, -0.25) is 9.69 Å². The molecule has 4 aromatic carbocycles. The number of carbonyl (C=O) groups excluding carboxylic acids is 1. The lowest BCUT2D eigenvalue weighted by molar-refractivity contribution is -0.868. The molecule has 0 atom stereocenters. The van der Waals surface area contributed by atoms with E-state index in [0.29, 0.717) is 5.56 Å². The lowest BCUT2D eigenvalue weighted by Crippen LogP contribution is -3.00. The van der Waals surface area contributed by atoms with Crippen LogP contribution in [0.15, 0.2) is 89.1 Å². The van der Waals surface area contributed by atoms with E-state index in [9.17, 15) is 4.79 Å². The Morgan fingerprint density at radius 3 is 2.12 bits per heavy atom. The second kappa shape index (κ2) is 11.8. The van der Waals surface area contributed by atoms with Crippen molar-refractivity contribution < 1.29 is 26.3 Å². The van der Waals surface area contributed by atoms with Gasteiger partial charge in [-0.25, -0.2) is 0 Å². The summed E-state index contributed by atoms with van der Waals surface area (Å²) in [6.45, 7) is 5.21. The van der Waals surface area contributed by atoms with Gasteiger partial charge >= 0.3 is 0 Å². The third-order valence-electron chi connectivity index (χ3n) is 7.20. The van der Waals surface area contributed by atoms with E-state index < -0.39 is 0 Å². The highest BCUT2D eigenvalue weighted by Gasteiger charge is 2.31. The fourth-order valence-corrected chi connectivity index (χ4v) is 4.94. The fourth-order valence-electron chi connectivity index (χ4n) is 4.94. The van der Waals surface area contributed by atoms with Crippen molar-refractivity contribution in [3.8, 4) is 0 Å². The van der Waals surface area contributed by atoms with Crippen molar-refractivity contribution in [1.82, 2.24) is 0 Å². The maximum atomic E-state index is 13.5. The van der Waals surface area contributed by atoms with Gasteiger partial charge in [0.2, 0.25) is 0 Å². The molecule has 208 valence electrons. The Kier molecular flexibility index (Phi) is 8.61. The molecule has 5 rings (SSSR count). The van der Waals surface area contributed by atoms with Gasteiger partial charge in [0.25, 0.3) is 5.91 Å². The highest BCUT2D eigenvalue weighted by Crippen LogP contribution is 2.44. The first-order chi connectivity index (χ1) is 18.7. The molecule has 1 amide bonds. The zero-order chi connectivity index (χ0) is 27.7. The van der Waals surface area contributed by atoms with Gasteiger partial charge in [0.05, 0.1) is 56.9 Å². The number of halogens is 1. The van der Waals surface area contributed by atoms with E-state index in [1.54, 1.807) is 4.90 Å². The summed E-state index contributed by atoms with van der Waals surface area (Å²) in [5, 5.41) is 11.0. The Morgan fingerprint density at radius 1 is 0.825 bits per heavy atom. The van der Waals surface area contributed by atoms with Crippen molar-refractivity contribution >= 4 is 50.8 Å². The van der Waals surface area contributed by atoms with Crippen LogP contribution in [0.4, 0.5) is 34.1 Å². The van der Waals surface area contributed by atoms with Gasteiger partial charge in [-0.15, -0.1) is 5.11 Å². The second-order valence-electron chi connectivity index (χ2n) is 11.2. The molecule has 0 aromatic heterocycles. The zero-order valence-electron chi connectivity index (χ0n) is 24.1. The molecule has 8 heteroatoms. The quantitative estimate of drug-likeness (QED) is 0.214. The van der Waals surface area contributed by atoms with Crippen molar-refractivity contribution in [3.63, 3.8) is 0 Å². The number of carbonyl (C=O) groups is 1. The van der Waals surface area contributed by atoms with Crippen LogP contribution in [0.2, 0.25) is 0 Å². The lowest BCUT2D eigenvalue weighted by Gasteiger charge is -2.29. The number of nitrogens with zero attached hydrogens (tertiary/aromatic N) is 6. The normalized spacial score (nSPS) is 12.8. The minimum atomic E-state index is -0.0244. The van der Waals surface area contributed by atoms with Gasteiger partial charge in [0.1, 0.15) is 0 Å². The van der Waals surface area contributed by atoms with E-state index in [1.165, 1.54) is 5.69 Å². The van der Waals surface area contributed by atoms with E-state index in [0.717, 1.165) is 63.3 Å². The molecular weight excluding hydrogens is 564 g/mol. The maximum absolute atomic E-state index is 13.5. The molecule has 0 fully saturated rings. The molecule has 0 bridgehead atoms. The SMILES string of the molecule is CCN(CC[N+](C)(C)C)c1ccc(N=Nc2ccc3c4c(cccc24)N(c2ccc(N(C)C)cc2)C3=O)cc1.[Br-]. The van der Waals surface area contributed by atoms with Gasteiger partial charge in [-0.1, -0.05) is 12.1 Å². The largest absolute Gasteiger partial charge is 1.00 e. The summed E-state index contributed by atoms with van der Waals surface area (Å²) in [5.41, 5.74) is 6.23. The number of azo groups is 1. The van der Waals surface area contributed by atoms with Crippen LogP contribution in [0.1, 0.15) is 17.3 Å². The first-order valence-corrected chi connectivity index (χ1v) is 13.4. The van der Waals surface area contributed by atoms with Crippen molar-refractivity contribution in [1.29, 1.82) is 0 Å². The molecular formula is C32H37BrN6O. The van der Waals surface area contributed by atoms with Crippen LogP contribution in [0.5, 0.6) is 0 Å². The average Bonchev–Trinajstić information content (AvgIpc) is 3.21. The highest BCUT2D eigenvalue weighted by molar-refractivity contribution is 6.29. The van der Waals surface area contributed by atoms with Crippen LogP contribution in [0.3, 0.4) is 0 Å². The van der Waals surface area contributed by atoms with Crippen LogP contribution in [0.25, 0.3) is 10.8 Å². The number of likely N-dealkylation sites (N-methyl/N-ethyl adjacent to an activating group) is 2. The van der Waals surface area contributed by atoms with Crippen molar-refractivity contribution in [2.75, 3.05) is 69.6 Å². The summed E-state index contributed by atoms with van der Waals surface area (Å²) in [4.78, 5) is 19.7. The molecule has 0 saturated heterocycles. The molecule has 0 spiro atoms. The fraction of sp³-hybridized carbons (Fsp3) is 0.281. The van der Waals surface area contributed by atoms with E-state index in [2.05, 4.69) is 55.3 Å². The molecule has 1 aliphatic rings. The van der Waals surface area contributed by atoms with Gasteiger partial charge in [-0.05, 0) is 73.7 Å². The van der Waals surface area contributed by atoms with Crippen LogP contribution in [0, 0.1) is 0 Å². The zero-order valence-corrected chi connectivity index (χ0v) is 25.7. The van der Waals surface area contributed by atoms with E-state index in [4.69, 9.17) is 0 Å². The summed E-state index contributed by atoms with van der Waals surface area (Å²) in [7, 11) is 10.7. The molecule has 1 heterocycles. The Hall–Kier alpha value is -3.75. The molecule has 0 N–H and O–H groups in total. The van der Waals surface area contributed by atoms with E-state index in [-0.39, 0.29) is 22.9 Å². The summed E-state index contributed by atoms with van der Waals surface area (Å²) >= 11 is 0. The van der Waals surface area contributed by atoms with Crippen molar-refractivity contribution in [2.24, 2.45) is 10.2 Å². The Balaban J connectivity index is 0.00000370. The standard InChI is InChI=1S/C32H37N6O.BrH/c1-7-36(21-22-38(4,5)6)25-13-11-23(12-14-25)33-34-29-20-19-28-31-27(29)9-8-10-30(31)37(32(28)39)26-17-15-24(16-18-26)35(2)3;/h8-20H,7,21-22H2,1-6H3;1H/q+1;/p-1. The number of benzene rings is 4. The third kappa shape index (κ3) is 5.88. The molecule has 0 saturated carbocycles. The third-order valence-corrected chi connectivity index (χ3v) is 7.20. The van der Waals surface area contributed by atoms with Crippen molar-refractivity contribution in [2.45, 2.75) is 6.92 Å². The Bertz CT molecular complexity index is 1520. The Morgan fingerprint density at radius 2 is 1.50 bits per heavy atom. The van der Waals surface area contributed by atoms with E-state index >= 15 is 0 Å². The molecule has 40 heavy (non-hydrogen) atoms. The monoisotopic (exact) mass is 600 g/mol. The van der Waals surface area contributed by atoms with E-state index in [1.807, 2.05) is 85.7 Å². The van der Waals surface area contributed by atoms with Crippen molar-refractivity contribution in [3.05, 3.63) is 84.4 Å². The topological polar surface area (TPSA) is 51.5 Å². The first-order valence-electron chi connectivity index (χ1n) is 13.4. The summed E-state index contributed by atoms with van der Waals surface area (Å²) < 4.78 is 0.934. The first kappa shape index (κ1) is 29.2.